The van der Waals surface area contributed by atoms with Gasteiger partial charge in [-0.2, -0.15) is 0 Å². The minimum Gasteiger partial charge on any atom is -0.365 e. The number of aryl methyl sites for hydroxylation is 1. The molecule has 1 aromatic rings. The summed E-state index contributed by atoms with van der Waals surface area (Å²) < 4.78 is 13.8. The van der Waals surface area contributed by atoms with E-state index in [4.69, 9.17) is 0 Å². The van der Waals surface area contributed by atoms with Crippen molar-refractivity contribution in [3.63, 3.8) is 0 Å². The van der Waals surface area contributed by atoms with E-state index in [0.29, 0.717) is 23.1 Å². The minimum absolute atomic E-state index is 0.314. The second-order valence-corrected chi connectivity index (χ2v) is 5.52. The van der Waals surface area contributed by atoms with E-state index >= 15 is 0 Å². The Kier molecular flexibility index (Phi) is 2.93. The Labute approximate surface area is 106 Å². The zero-order chi connectivity index (χ0) is 12.6. The standard InChI is InChI=1S/C13H19FN4/c1-9-11(14)12(16-8-15-9)18-10-3-6-17-13(7-10)4-2-5-13/h8,10,17H,2-7H2,1H3,(H,15,16,18). The van der Waals surface area contributed by atoms with Crippen LogP contribution in [-0.2, 0) is 0 Å². The van der Waals surface area contributed by atoms with Crippen molar-refractivity contribution < 1.29 is 4.39 Å². The predicted octanol–water partition coefficient (Wildman–Crippen LogP) is 2.01. The summed E-state index contributed by atoms with van der Waals surface area (Å²) in [4.78, 5) is 7.86. The molecule has 98 valence electrons. The van der Waals surface area contributed by atoms with Gasteiger partial charge in [0.25, 0.3) is 0 Å². The van der Waals surface area contributed by atoms with E-state index in [0.717, 1.165) is 19.4 Å². The van der Waals surface area contributed by atoms with Crippen molar-refractivity contribution in [2.45, 2.75) is 50.6 Å². The quantitative estimate of drug-likeness (QED) is 0.843. The summed E-state index contributed by atoms with van der Waals surface area (Å²) in [5.74, 6) is 0.0302. The first kappa shape index (κ1) is 11.8. The molecule has 3 rings (SSSR count). The molecule has 1 atom stereocenters. The van der Waals surface area contributed by atoms with Crippen molar-refractivity contribution in [3.05, 3.63) is 17.8 Å². The van der Waals surface area contributed by atoms with E-state index in [1.54, 1.807) is 6.92 Å². The minimum atomic E-state index is -0.321. The molecule has 0 bridgehead atoms. The van der Waals surface area contributed by atoms with Crippen molar-refractivity contribution in [1.82, 2.24) is 15.3 Å². The maximum atomic E-state index is 13.8. The molecule has 1 aliphatic heterocycles. The van der Waals surface area contributed by atoms with Gasteiger partial charge in [-0.25, -0.2) is 14.4 Å². The fourth-order valence-electron chi connectivity index (χ4n) is 3.02. The van der Waals surface area contributed by atoms with Gasteiger partial charge in [0.2, 0.25) is 0 Å². The molecule has 2 heterocycles. The molecule has 18 heavy (non-hydrogen) atoms. The number of anilines is 1. The van der Waals surface area contributed by atoms with Crippen LogP contribution in [0.25, 0.3) is 0 Å². The fraction of sp³-hybridized carbons (Fsp3) is 0.692. The average molecular weight is 250 g/mol. The first-order valence-electron chi connectivity index (χ1n) is 6.67. The zero-order valence-corrected chi connectivity index (χ0v) is 10.7. The van der Waals surface area contributed by atoms with Crippen molar-refractivity contribution in [2.75, 3.05) is 11.9 Å². The third-order valence-corrected chi connectivity index (χ3v) is 4.25. The van der Waals surface area contributed by atoms with Crippen molar-refractivity contribution in [3.8, 4) is 0 Å². The number of nitrogens with zero attached hydrogens (tertiary/aromatic N) is 2. The third kappa shape index (κ3) is 2.07. The Morgan fingerprint density at radius 2 is 2.28 bits per heavy atom. The lowest BCUT2D eigenvalue weighted by Gasteiger charge is -2.48. The lowest BCUT2D eigenvalue weighted by Crippen LogP contribution is -2.58. The summed E-state index contributed by atoms with van der Waals surface area (Å²) in [6.45, 7) is 2.67. The topological polar surface area (TPSA) is 49.8 Å². The predicted molar refractivity (Wildman–Crippen MR) is 68.0 cm³/mol. The van der Waals surface area contributed by atoms with Crippen LogP contribution in [0.15, 0.2) is 6.33 Å². The molecule has 1 unspecified atom stereocenters. The van der Waals surface area contributed by atoms with E-state index in [1.165, 1.54) is 25.6 Å². The first-order chi connectivity index (χ1) is 8.69. The molecule has 1 saturated heterocycles. The highest BCUT2D eigenvalue weighted by Gasteiger charge is 2.41. The largest absolute Gasteiger partial charge is 0.365 e. The molecule has 5 heteroatoms. The summed E-state index contributed by atoms with van der Waals surface area (Å²) in [5.41, 5.74) is 0.717. The van der Waals surface area contributed by atoms with Crippen LogP contribution in [-0.4, -0.2) is 28.1 Å². The molecule has 0 aromatic carbocycles. The number of aromatic nitrogens is 2. The van der Waals surface area contributed by atoms with Crippen LogP contribution in [0.3, 0.4) is 0 Å². The van der Waals surface area contributed by atoms with Crippen molar-refractivity contribution >= 4 is 5.82 Å². The highest BCUT2D eigenvalue weighted by Crippen LogP contribution is 2.38. The summed E-state index contributed by atoms with van der Waals surface area (Å²) in [6.07, 6.45) is 7.30. The van der Waals surface area contributed by atoms with E-state index in [-0.39, 0.29) is 5.82 Å². The maximum Gasteiger partial charge on any atom is 0.186 e. The molecule has 2 fully saturated rings. The van der Waals surface area contributed by atoms with Gasteiger partial charge in [-0.3, -0.25) is 0 Å². The Hall–Kier alpha value is -1.23. The fourth-order valence-corrected chi connectivity index (χ4v) is 3.02. The number of hydrogen-bond acceptors (Lipinski definition) is 4. The lowest BCUT2D eigenvalue weighted by atomic mass is 9.70. The molecule has 4 nitrogen and oxygen atoms in total. The number of rotatable bonds is 2. The highest BCUT2D eigenvalue weighted by molar-refractivity contribution is 5.38. The Morgan fingerprint density at radius 1 is 1.44 bits per heavy atom. The molecule has 1 spiro atoms. The van der Waals surface area contributed by atoms with Gasteiger partial charge in [-0.1, -0.05) is 0 Å². The normalized spacial score (nSPS) is 25.8. The summed E-state index contributed by atoms with van der Waals surface area (Å²) in [7, 11) is 0. The van der Waals surface area contributed by atoms with Crippen molar-refractivity contribution in [2.24, 2.45) is 0 Å². The Morgan fingerprint density at radius 3 is 3.00 bits per heavy atom. The van der Waals surface area contributed by atoms with Gasteiger partial charge >= 0.3 is 0 Å². The SMILES string of the molecule is Cc1ncnc(NC2CCNC3(CCC3)C2)c1F. The number of hydrogen-bond donors (Lipinski definition) is 2. The molecule has 1 aliphatic carbocycles. The molecule has 2 N–H and O–H groups in total. The van der Waals surface area contributed by atoms with Crippen LogP contribution < -0.4 is 10.6 Å². The van der Waals surface area contributed by atoms with Gasteiger partial charge in [0.05, 0.1) is 5.69 Å². The second-order valence-electron chi connectivity index (χ2n) is 5.52. The second kappa shape index (κ2) is 4.46. The average Bonchev–Trinajstić information content (AvgIpc) is 2.34. The van der Waals surface area contributed by atoms with Crippen LogP contribution in [0.4, 0.5) is 10.2 Å². The van der Waals surface area contributed by atoms with Crippen LogP contribution in [0.2, 0.25) is 0 Å². The van der Waals surface area contributed by atoms with E-state index in [9.17, 15) is 4.39 Å². The van der Waals surface area contributed by atoms with Crippen molar-refractivity contribution in [1.29, 1.82) is 0 Å². The molecule has 1 saturated carbocycles. The summed E-state index contributed by atoms with van der Waals surface area (Å²) in [6, 6.07) is 0.315. The molecular weight excluding hydrogens is 231 g/mol. The van der Waals surface area contributed by atoms with Crippen LogP contribution >= 0.6 is 0 Å². The Bertz CT molecular complexity index is 445. The van der Waals surface area contributed by atoms with E-state index in [2.05, 4.69) is 20.6 Å². The van der Waals surface area contributed by atoms with Gasteiger partial charge in [0.1, 0.15) is 6.33 Å². The highest BCUT2D eigenvalue weighted by atomic mass is 19.1. The van der Waals surface area contributed by atoms with Gasteiger partial charge in [0, 0.05) is 11.6 Å². The number of halogens is 1. The van der Waals surface area contributed by atoms with Gasteiger partial charge in [-0.15, -0.1) is 0 Å². The van der Waals surface area contributed by atoms with Crippen LogP contribution in [0.5, 0.6) is 0 Å². The summed E-state index contributed by atoms with van der Waals surface area (Å²) in [5, 5.41) is 6.85. The zero-order valence-electron chi connectivity index (χ0n) is 10.7. The monoisotopic (exact) mass is 250 g/mol. The number of piperidine rings is 1. The number of nitrogens with one attached hydrogen (secondary N) is 2. The molecule has 1 aromatic heterocycles. The smallest absolute Gasteiger partial charge is 0.186 e. The van der Waals surface area contributed by atoms with E-state index in [1.807, 2.05) is 0 Å². The molecule has 0 radical (unpaired) electrons. The van der Waals surface area contributed by atoms with E-state index < -0.39 is 0 Å². The third-order valence-electron chi connectivity index (χ3n) is 4.25. The Balaban J connectivity index is 1.70. The van der Waals surface area contributed by atoms with Crippen LogP contribution in [0, 0.1) is 12.7 Å². The molecule has 0 amide bonds. The first-order valence-corrected chi connectivity index (χ1v) is 6.67. The van der Waals surface area contributed by atoms with Crippen LogP contribution in [0.1, 0.15) is 37.8 Å². The molecular formula is C13H19FN4. The lowest BCUT2D eigenvalue weighted by molar-refractivity contribution is 0.135. The van der Waals surface area contributed by atoms with Gasteiger partial charge < -0.3 is 10.6 Å². The summed E-state index contributed by atoms with van der Waals surface area (Å²) >= 11 is 0. The van der Waals surface area contributed by atoms with Gasteiger partial charge in [0.15, 0.2) is 11.6 Å². The maximum absolute atomic E-state index is 13.8. The van der Waals surface area contributed by atoms with Gasteiger partial charge in [-0.05, 0) is 45.6 Å². The molecule has 2 aliphatic rings.